The minimum Gasteiger partial charge on any atom is -0.329 e. The molecule has 0 aliphatic carbocycles. The van der Waals surface area contributed by atoms with Gasteiger partial charge >= 0.3 is 0 Å². The first-order valence-corrected chi connectivity index (χ1v) is 4.86. The molecule has 13 heavy (non-hydrogen) atoms. The Labute approximate surface area is 80.3 Å². The van der Waals surface area contributed by atoms with Crippen LogP contribution in [0.4, 0.5) is 0 Å². The number of rotatable bonds is 5. The van der Waals surface area contributed by atoms with Crippen LogP contribution < -0.4 is 0 Å². The molecule has 74 valence electrons. The van der Waals surface area contributed by atoms with E-state index >= 15 is 0 Å². The van der Waals surface area contributed by atoms with Gasteiger partial charge in [0.25, 0.3) is 0 Å². The maximum Gasteiger partial charge on any atom is 0.226 e. The first-order valence-electron chi connectivity index (χ1n) is 4.86. The summed E-state index contributed by atoms with van der Waals surface area (Å²) in [6, 6.07) is 2.01. The van der Waals surface area contributed by atoms with Crippen molar-refractivity contribution in [1.29, 1.82) is 5.26 Å². The molecule has 0 radical (unpaired) electrons. The minimum atomic E-state index is 0.0910. The molecule has 3 heteroatoms. The van der Waals surface area contributed by atoms with Crippen LogP contribution in [0.15, 0.2) is 0 Å². The van der Waals surface area contributed by atoms with Crippen LogP contribution >= 0.6 is 0 Å². The first kappa shape index (κ1) is 12.0. The normalized spacial score (nSPS) is 9.77. The lowest BCUT2D eigenvalue weighted by molar-refractivity contribution is -0.134. The van der Waals surface area contributed by atoms with Crippen molar-refractivity contribution in [2.24, 2.45) is 5.92 Å². The van der Waals surface area contributed by atoms with E-state index in [2.05, 4.69) is 0 Å². The van der Waals surface area contributed by atoms with Crippen LogP contribution in [-0.2, 0) is 4.79 Å². The van der Waals surface area contributed by atoms with Crippen LogP contribution in [-0.4, -0.2) is 23.9 Å². The molecule has 0 heterocycles. The number of amides is 1. The molecule has 0 saturated carbocycles. The molecule has 0 spiro atoms. The lowest BCUT2D eigenvalue weighted by atomic mass is 10.0. The van der Waals surface area contributed by atoms with Gasteiger partial charge in [-0.25, -0.2) is 0 Å². The predicted octanol–water partition coefficient (Wildman–Crippen LogP) is 1.79. The molecule has 0 atom stereocenters. The minimum absolute atomic E-state index is 0.0910. The zero-order valence-electron chi connectivity index (χ0n) is 8.71. The van der Waals surface area contributed by atoms with Gasteiger partial charge in [-0.1, -0.05) is 13.8 Å². The fourth-order valence-corrected chi connectivity index (χ4v) is 1.33. The van der Waals surface area contributed by atoms with Gasteiger partial charge in [-0.2, -0.15) is 5.26 Å². The average molecular weight is 182 g/mol. The Morgan fingerprint density at radius 2 is 1.92 bits per heavy atom. The summed E-state index contributed by atoms with van der Waals surface area (Å²) in [5, 5.41) is 8.50. The lowest BCUT2D eigenvalue weighted by Gasteiger charge is -2.22. The van der Waals surface area contributed by atoms with Crippen LogP contribution in [0.5, 0.6) is 0 Å². The average Bonchev–Trinajstić information content (AvgIpc) is 2.15. The number of hydrogen-bond donors (Lipinski definition) is 0. The lowest BCUT2D eigenvalue weighted by Crippen LogP contribution is -2.35. The van der Waals surface area contributed by atoms with Crippen molar-refractivity contribution in [2.45, 2.75) is 33.6 Å². The molecule has 0 aromatic heterocycles. The first-order chi connectivity index (χ1) is 6.21. The van der Waals surface area contributed by atoms with E-state index in [1.54, 1.807) is 4.90 Å². The van der Waals surface area contributed by atoms with E-state index in [0.29, 0.717) is 6.54 Å². The molecule has 0 aliphatic rings. The van der Waals surface area contributed by atoms with Gasteiger partial charge < -0.3 is 4.90 Å². The SMILES string of the molecule is CCC(CC)C(=O)N(CC)CC#N. The summed E-state index contributed by atoms with van der Waals surface area (Å²) in [6.45, 7) is 6.75. The van der Waals surface area contributed by atoms with Crippen molar-refractivity contribution < 1.29 is 4.79 Å². The molecule has 0 rings (SSSR count). The second-order valence-corrected chi connectivity index (χ2v) is 3.02. The second kappa shape index (κ2) is 6.47. The van der Waals surface area contributed by atoms with Crippen molar-refractivity contribution in [3.63, 3.8) is 0 Å². The number of nitriles is 1. The summed E-state index contributed by atoms with van der Waals surface area (Å²) >= 11 is 0. The molecule has 0 fully saturated rings. The Morgan fingerprint density at radius 3 is 2.23 bits per heavy atom. The summed E-state index contributed by atoms with van der Waals surface area (Å²) in [4.78, 5) is 13.3. The van der Waals surface area contributed by atoms with E-state index in [-0.39, 0.29) is 18.4 Å². The monoisotopic (exact) mass is 182 g/mol. The zero-order valence-corrected chi connectivity index (χ0v) is 8.71. The van der Waals surface area contributed by atoms with E-state index < -0.39 is 0 Å². The van der Waals surface area contributed by atoms with Crippen LogP contribution in [0.1, 0.15) is 33.6 Å². The number of hydrogen-bond acceptors (Lipinski definition) is 2. The number of carbonyl (C=O) groups excluding carboxylic acids is 1. The van der Waals surface area contributed by atoms with E-state index in [1.165, 1.54) is 0 Å². The van der Waals surface area contributed by atoms with Crippen LogP contribution in [0.2, 0.25) is 0 Å². The van der Waals surface area contributed by atoms with Crippen molar-refractivity contribution in [3.8, 4) is 6.07 Å². The maximum atomic E-state index is 11.7. The maximum absolute atomic E-state index is 11.7. The highest BCUT2D eigenvalue weighted by Crippen LogP contribution is 2.11. The highest BCUT2D eigenvalue weighted by molar-refractivity contribution is 5.78. The molecule has 0 unspecified atom stereocenters. The van der Waals surface area contributed by atoms with Gasteiger partial charge in [0.15, 0.2) is 0 Å². The Morgan fingerprint density at radius 1 is 1.38 bits per heavy atom. The highest BCUT2D eigenvalue weighted by Gasteiger charge is 2.19. The van der Waals surface area contributed by atoms with Gasteiger partial charge in [0.1, 0.15) is 6.54 Å². The summed E-state index contributed by atoms with van der Waals surface area (Å²) in [7, 11) is 0. The third-order valence-corrected chi connectivity index (χ3v) is 2.29. The van der Waals surface area contributed by atoms with E-state index in [9.17, 15) is 4.79 Å². The molecule has 0 bridgehead atoms. The largest absolute Gasteiger partial charge is 0.329 e. The van der Waals surface area contributed by atoms with E-state index in [1.807, 2.05) is 26.8 Å². The highest BCUT2D eigenvalue weighted by atomic mass is 16.2. The van der Waals surface area contributed by atoms with Crippen molar-refractivity contribution in [2.75, 3.05) is 13.1 Å². The topological polar surface area (TPSA) is 44.1 Å². The summed E-state index contributed by atoms with van der Waals surface area (Å²) < 4.78 is 0. The zero-order chi connectivity index (χ0) is 10.3. The van der Waals surface area contributed by atoms with Crippen LogP contribution in [0, 0.1) is 17.2 Å². The van der Waals surface area contributed by atoms with Gasteiger partial charge in [-0.3, -0.25) is 4.79 Å². The molecule has 3 nitrogen and oxygen atoms in total. The number of nitrogens with zero attached hydrogens (tertiary/aromatic N) is 2. The standard InChI is InChI=1S/C10H18N2O/c1-4-9(5-2)10(13)12(6-3)8-7-11/h9H,4-6,8H2,1-3H3. The van der Waals surface area contributed by atoms with Crippen molar-refractivity contribution in [1.82, 2.24) is 4.90 Å². The molecule has 0 saturated heterocycles. The summed E-state index contributed by atoms with van der Waals surface area (Å²) in [5.41, 5.74) is 0. The quantitative estimate of drug-likeness (QED) is 0.608. The third kappa shape index (κ3) is 3.45. The third-order valence-electron chi connectivity index (χ3n) is 2.29. The van der Waals surface area contributed by atoms with E-state index in [4.69, 9.17) is 5.26 Å². The molecule has 1 amide bonds. The van der Waals surface area contributed by atoms with E-state index in [0.717, 1.165) is 12.8 Å². The Balaban J connectivity index is 4.26. The van der Waals surface area contributed by atoms with Gasteiger partial charge in [0.2, 0.25) is 5.91 Å². The van der Waals surface area contributed by atoms with Crippen LogP contribution in [0.3, 0.4) is 0 Å². The smallest absolute Gasteiger partial charge is 0.226 e. The molecule has 0 N–H and O–H groups in total. The molecular weight excluding hydrogens is 164 g/mol. The van der Waals surface area contributed by atoms with Gasteiger partial charge in [-0.05, 0) is 19.8 Å². The molecule has 0 aliphatic heterocycles. The fourth-order valence-electron chi connectivity index (χ4n) is 1.33. The predicted molar refractivity (Wildman–Crippen MR) is 51.9 cm³/mol. The van der Waals surface area contributed by atoms with Crippen molar-refractivity contribution in [3.05, 3.63) is 0 Å². The Hall–Kier alpha value is -1.04. The molecule has 0 aromatic rings. The fraction of sp³-hybridized carbons (Fsp3) is 0.800. The van der Waals surface area contributed by atoms with Gasteiger partial charge in [-0.15, -0.1) is 0 Å². The van der Waals surface area contributed by atoms with Crippen LogP contribution in [0.25, 0.3) is 0 Å². The van der Waals surface area contributed by atoms with Gasteiger partial charge in [0.05, 0.1) is 6.07 Å². The Bertz CT molecular complexity index is 192. The van der Waals surface area contributed by atoms with Gasteiger partial charge in [0, 0.05) is 12.5 Å². The second-order valence-electron chi connectivity index (χ2n) is 3.02. The molecular formula is C10H18N2O. The molecule has 0 aromatic carbocycles. The van der Waals surface area contributed by atoms with Crippen molar-refractivity contribution >= 4 is 5.91 Å². The number of carbonyl (C=O) groups is 1. The Kier molecular flexibility index (Phi) is 5.96. The summed E-state index contributed by atoms with van der Waals surface area (Å²) in [6.07, 6.45) is 1.72. The summed E-state index contributed by atoms with van der Waals surface area (Å²) in [5.74, 6) is 0.211.